The van der Waals surface area contributed by atoms with Crippen molar-refractivity contribution in [2.75, 3.05) is 7.11 Å². The molecule has 2 aromatic carbocycles. The van der Waals surface area contributed by atoms with Crippen molar-refractivity contribution >= 4 is 33.2 Å². The van der Waals surface area contributed by atoms with Crippen molar-refractivity contribution in [3.8, 4) is 22.6 Å². The molecule has 5 nitrogen and oxygen atoms in total. The van der Waals surface area contributed by atoms with Gasteiger partial charge in [-0.3, -0.25) is 0 Å². The Balaban J connectivity index is 1.49. The first-order valence-electron chi connectivity index (χ1n) is 10.4. The lowest BCUT2D eigenvalue weighted by Gasteiger charge is -2.13. The van der Waals surface area contributed by atoms with Gasteiger partial charge in [0.1, 0.15) is 17.4 Å². The van der Waals surface area contributed by atoms with Gasteiger partial charge in [0.2, 0.25) is 0 Å². The van der Waals surface area contributed by atoms with Crippen molar-refractivity contribution in [2.45, 2.75) is 32.7 Å². The molecule has 0 aliphatic rings. The van der Waals surface area contributed by atoms with E-state index in [1.807, 2.05) is 30.5 Å². The van der Waals surface area contributed by atoms with E-state index in [4.69, 9.17) is 14.1 Å². The van der Waals surface area contributed by atoms with E-state index >= 15 is 0 Å². The average Bonchev–Trinajstić information content (AvgIpc) is 3.49. The summed E-state index contributed by atoms with van der Waals surface area (Å²) in [6.07, 6.45) is 1.90. The van der Waals surface area contributed by atoms with E-state index in [2.05, 4.69) is 55.0 Å². The lowest BCUT2D eigenvalue weighted by atomic mass is 9.93. The van der Waals surface area contributed by atoms with Crippen LogP contribution in [0.2, 0.25) is 0 Å². The van der Waals surface area contributed by atoms with Crippen molar-refractivity contribution in [3.05, 3.63) is 70.9 Å². The average molecular weight is 442 g/mol. The molecule has 0 aliphatic carbocycles. The molecule has 0 aliphatic heterocycles. The first kappa shape index (κ1) is 20.3. The normalized spacial score (nSPS) is 11.8. The van der Waals surface area contributed by atoms with Crippen molar-refractivity contribution in [1.82, 2.24) is 9.55 Å². The molecule has 0 saturated carbocycles. The highest BCUT2D eigenvalue weighted by Gasteiger charge is 2.19. The van der Waals surface area contributed by atoms with Gasteiger partial charge < -0.3 is 13.7 Å². The van der Waals surface area contributed by atoms with E-state index in [-0.39, 0.29) is 5.41 Å². The van der Waals surface area contributed by atoms with Crippen molar-refractivity contribution < 1.29 is 9.15 Å². The maximum absolute atomic E-state index is 9.56. The van der Waals surface area contributed by atoms with Crippen LogP contribution in [0.5, 0.6) is 5.75 Å². The van der Waals surface area contributed by atoms with E-state index in [1.165, 1.54) is 0 Å². The van der Waals surface area contributed by atoms with Crippen LogP contribution in [-0.4, -0.2) is 16.7 Å². The van der Waals surface area contributed by atoms with E-state index < -0.39 is 0 Å². The molecular formula is C26H23N3O2S. The molecule has 3 heterocycles. The molecule has 0 fully saturated rings. The Morgan fingerprint density at radius 2 is 2.00 bits per heavy atom. The van der Waals surface area contributed by atoms with Crippen LogP contribution in [0.25, 0.3) is 32.6 Å². The summed E-state index contributed by atoms with van der Waals surface area (Å²) in [6.45, 7) is 7.15. The Kier molecular flexibility index (Phi) is 4.79. The Morgan fingerprint density at radius 1 is 1.16 bits per heavy atom. The molecule has 6 heteroatoms. The summed E-state index contributed by atoms with van der Waals surface area (Å²) in [5.74, 6) is 1.54. The number of nitriles is 1. The highest BCUT2D eigenvalue weighted by atomic mass is 32.1. The number of nitrogens with zero attached hydrogens (tertiary/aromatic N) is 3. The van der Waals surface area contributed by atoms with Gasteiger partial charge >= 0.3 is 0 Å². The minimum atomic E-state index is 0.0137. The summed E-state index contributed by atoms with van der Waals surface area (Å²) in [6, 6.07) is 16.4. The van der Waals surface area contributed by atoms with Gasteiger partial charge in [-0.1, -0.05) is 26.8 Å². The monoisotopic (exact) mass is 441 g/mol. The zero-order chi connectivity index (χ0) is 22.5. The van der Waals surface area contributed by atoms with Crippen LogP contribution in [-0.2, 0) is 12.0 Å². The first-order chi connectivity index (χ1) is 15.4. The topological polar surface area (TPSA) is 64.0 Å². The summed E-state index contributed by atoms with van der Waals surface area (Å²) in [4.78, 5) is 4.78. The van der Waals surface area contributed by atoms with Gasteiger partial charge in [-0.15, -0.1) is 11.3 Å². The predicted molar refractivity (Wildman–Crippen MR) is 128 cm³/mol. The van der Waals surface area contributed by atoms with E-state index in [9.17, 15) is 5.26 Å². The molecule has 160 valence electrons. The van der Waals surface area contributed by atoms with Crippen molar-refractivity contribution in [3.63, 3.8) is 0 Å². The second-order valence-corrected chi connectivity index (χ2v) is 9.79. The molecule has 0 unspecified atom stereocenters. The number of benzene rings is 2. The fraction of sp³-hybridized carbons (Fsp3) is 0.231. The Labute approximate surface area is 190 Å². The largest absolute Gasteiger partial charge is 0.497 e. The Morgan fingerprint density at radius 3 is 2.72 bits per heavy atom. The van der Waals surface area contributed by atoms with Crippen molar-refractivity contribution in [2.24, 2.45) is 0 Å². The van der Waals surface area contributed by atoms with Gasteiger partial charge in [0, 0.05) is 39.8 Å². The van der Waals surface area contributed by atoms with Gasteiger partial charge in [-0.25, -0.2) is 4.98 Å². The summed E-state index contributed by atoms with van der Waals surface area (Å²) < 4.78 is 13.5. The third-order valence-corrected chi connectivity index (χ3v) is 6.48. The number of thiazole rings is 1. The molecule has 5 aromatic rings. The predicted octanol–water partition coefficient (Wildman–Crippen LogP) is 6.74. The van der Waals surface area contributed by atoms with Crippen LogP contribution in [0.15, 0.2) is 58.5 Å². The van der Waals surface area contributed by atoms with Crippen LogP contribution in [0.1, 0.15) is 37.6 Å². The van der Waals surface area contributed by atoms with Crippen LogP contribution >= 0.6 is 11.3 Å². The molecule has 0 atom stereocenters. The summed E-state index contributed by atoms with van der Waals surface area (Å²) in [5.41, 5.74) is 4.72. The second-order valence-electron chi connectivity index (χ2n) is 8.94. The highest BCUT2D eigenvalue weighted by Crippen LogP contribution is 2.34. The number of fused-ring (bicyclic) bond motifs is 2. The molecule has 0 radical (unpaired) electrons. The fourth-order valence-electron chi connectivity index (χ4n) is 3.85. The van der Waals surface area contributed by atoms with Crippen LogP contribution in [0.4, 0.5) is 0 Å². The van der Waals surface area contributed by atoms with Gasteiger partial charge in [0.25, 0.3) is 0 Å². The molecule has 0 amide bonds. The van der Waals surface area contributed by atoms with Crippen LogP contribution in [0, 0.1) is 11.3 Å². The number of aromatic nitrogens is 2. The fourth-order valence-corrected chi connectivity index (χ4v) is 4.85. The third-order valence-electron chi connectivity index (χ3n) is 5.63. The Bertz CT molecular complexity index is 1490. The van der Waals surface area contributed by atoms with Gasteiger partial charge in [0.05, 0.1) is 18.4 Å². The number of hydrogen-bond acceptors (Lipinski definition) is 5. The van der Waals surface area contributed by atoms with Gasteiger partial charge in [-0.2, -0.15) is 5.26 Å². The number of hydrogen-bond donors (Lipinski definition) is 0. The molecule has 0 bridgehead atoms. The van der Waals surface area contributed by atoms with Crippen molar-refractivity contribution in [1.29, 1.82) is 5.26 Å². The van der Waals surface area contributed by atoms with E-state index in [1.54, 1.807) is 18.4 Å². The first-order valence-corrected chi connectivity index (χ1v) is 11.3. The molecule has 0 spiro atoms. The Hall–Kier alpha value is -3.56. The van der Waals surface area contributed by atoms with Gasteiger partial charge in [-0.05, 0) is 42.0 Å². The molecule has 0 N–H and O–H groups in total. The minimum absolute atomic E-state index is 0.0137. The molecular weight excluding hydrogens is 418 g/mol. The third kappa shape index (κ3) is 3.55. The maximum atomic E-state index is 9.56. The summed E-state index contributed by atoms with van der Waals surface area (Å²) in [5, 5.41) is 14.5. The van der Waals surface area contributed by atoms with Crippen LogP contribution in [0.3, 0.4) is 0 Å². The molecule has 0 saturated heterocycles. The van der Waals surface area contributed by atoms with E-state index in [0.717, 1.165) is 49.6 Å². The number of rotatable bonds is 4. The zero-order valence-corrected chi connectivity index (χ0v) is 19.3. The second kappa shape index (κ2) is 7.54. The maximum Gasteiger partial charge on any atom is 0.164 e. The highest BCUT2D eigenvalue weighted by molar-refractivity contribution is 7.13. The molecule has 32 heavy (non-hydrogen) atoms. The number of furan rings is 1. The minimum Gasteiger partial charge on any atom is -0.497 e. The lowest BCUT2D eigenvalue weighted by molar-refractivity contribution is 0.415. The summed E-state index contributed by atoms with van der Waals surface area (Å²) in [7, 11) is 1.63. The van der Waals surface area contributed by atoms with E-state index in [0.29, 0.717) is 12.1 Å². The lowest BCUT2D eigenvalue weighted by Crippen LogP contribution is -2.11. The smallest absolute Gasteiger partial charge is 0.164 e. The zero-order valence-electron chi connectivity index (χ0n) is 18.5. The molecule has 3 aromatic heterocycles. The SMILES string of the molecule is COc1ccc2c(c1)c(C#N)cn2Cc1ccc2oc(-c3nc(C(C)(C)C)cs3)cc2c1. The number of methoxy groups -OCH3 is 1. The number of ether oxygens (including phenoxy) is 1. The van der Waals surface area contributed by atoms with Gasteiger partial charge in [0.15, 0.2) is 10.8 Å². The quantitative estimate of drug-likeness (QED) is 0.310. The molecule has 5 rings (SSSR count). The standard InChI is InChI=1S/C26H23N3O2S/c1-26(2,3)24-15-32-25(28-24)23-10-17-9-16(5-8-22(17)31-23)13-29-14-18(12-27)20-11-19(30-4)6-7-21(20)29/h5-11,14-15H,13H2,1-4H3. The van der Waals surface area contributed by atoms with Crippen LogP contribution < -0.4 is 4.74 Å². The summed E-state index contributed by atoms with van der Waals surface area (Å²) >= 11 is 1.61.